The minimum atomic E-state index is -0.336. The molecule has 0 fully saturated rings. The molecular weight excluding hydrogens is 194 g/mol. The van der Waals surface area contributed by atoms with Gasteiger partial charge in [-0.25, -0.2) is 0 Å². The van der Waals surface area contributed by atoms with Crippen LogP contribution in [0.3, 0.4) is 0 Å². The zero-order valence-corrected chi connectivity index (χ0v) is 8.77. The van der Waals surface area contributed by atoms with E-state index < -0.39 is 0 Å². The first-order valence-electron chi connectivity index (χ1n) is 4.78. The van der Waals surface area contributed by atoms with Crippen LogP contribution in [0, 0.1) is 0 Å². The molecule has 0 aliphatic carbocycles. The van der Waals surface area contributed by atoms with Crippen LogP contribution in [0.4, 0.5) is 5.69 Å². The Labute approximate surface area is 88.4 Å². The molecule has 15 heavy (non-hydrogen) atoms. The van der Waals surface area contributed by atoms with E-state index in [0.29, 0.717) is 6.61 Å². The number of ether oxygens (including phenoxy) is 2. The molecule has 1 atom stereocenters. The number of benzene rings is 1. The van der Waals surface area contributed by atoms with Crippen LogP contribution in [0.5, 0.6) is 5.75 Å². The predicted octanol–water partition coefficient (Wildman–Crippen LogP) is 1.40. The number of nitrogens with zero attached hydrogens (tertiary/aromatic N) is 1. The van der Waals surface area contributed by atoms with Gasteiger partial charge in [0.05, 0.1) is 5.69 Å². The molecule has 0 bridgehead atoms. The maximum Gasteiger partial charge on any atom is 0.226 e. The number of carbonyl (C=O) groups excluding carboxylic acids is 1. The number of methoxy groups -OCH3 is 1. The topological polar surface area (TPSA) is 38.8 Å². The molecule has 0 N–H and O–H groups in total. The molecule has 1 aromatic carbocycles. The summed E-state index contributed by atoms with van der Waals surface area (Å²) >= 11 is 0. The van der Waals surface area contributed by atoms with E-state index >= 15 is 0 Å². The second-order valence-corrected chi connectivity index (χ2v) is 3.36. The lowest BCUT2D eigenvalue weighted by Gasteiger charge is -2.35. The monoisotopic (exact) mass is 207 g/mol. The van der Waals surface area contributed by atoms with Crippen molar-refractivity contribution in [1.82, 2.24) is 0 Å². The molecule has 1 amide bonds. The Morgan fingerprint density at radius 1 is 1.53 bits per heavy atom. The minimum Gasteiger partial charge on any atom is -0.487 e. The molecule has 80 valence electrons. The molecule has 0 spiro atoms. The van der Waals surface area contributed by atoms with E-state index in [1.165, 1.54) is 6.92 Å². The first-order valence-corrected chi connectivity index (χ1v) is 4.78. The van der Waals surface area contributed by atoms with Crippen LogP contribution < -0.4 is 9.64 Å². The fourth-order valence-corrected chi connectivity index (χ4v) is 1.71. The molecule has 1 aliphatic rings. The van der Waals surface area contributed by atoms with Crippen molar-refractivity contribution in [2.75, 3.05) is 18.6 Å². The molecule has 2 rings (SSSR count). The number of hydrogen-bond acceptors (Lipinski definition) is 3. The molecule has 0 saturated heterocycles. The molecule has 4 heteroatoms. The standard InChI is InChI=1S/C11H13NO3/c1-8(13)12-9-5-3-4-6-10(9)15-7-11(12)14-2/h3-6,11H,7H2,1-2H3. The summed E-state index contributed by atoms with van der Waals surface area (Å²) in [7, 11) is 1.57. The molecule has 1 heterocycles. The van der Waals surface area contributed by atoms with Gasteiger partial charge in [0.15, 0.2) is 6.23 Å². The van der Waals surface area contributed by atoms with Crippen molar-refractivity contribution in [2.45, 2.75) is 13.2 Å². The predicted molar refractivity (Wildman–Crippen MR) is 55.9 cm³/mol. The van der Waals surface area contributed by atoms with Crippen LogP contribution in [0.25, 0.3) is 0 Å². The highest BCUT2D eigenvalue weighted by Gasteiger charge is 2.29. The maximum absolute atomic E-state index is 11.5. The zero-order valence-electron chi connectivity index (χ0n) is 8.77. The number of amides is 1. The summed E-state index contributed by atoms with van der Waals surface area (Å²) < 4.78 is 10.7. The van der Waals surface area contributed by atoms with E-state index in [4.69, 9.17) is 9.47 Å². The quantitative estimate of drug-likeness (QED) is 0.698. The molecule has 0 saturated carbocycles. The summed E-state index contributed by atoms with van der Waals surface area (Å²) in [5.41, 5.74) is 0.767. The molecule has 1 aromatic rings. The van der Waals surface area contributed by atoms with E-state index in [-0.39, 0.29) is 12.1 Å². The maximum atomic E-state index is 11.5. The van der Waals surface area contributed by atoms with Gasteiger partial charge in [0.2, 0.25) is 5.91 Å². The molecule has 0 aromatic heterocycles. The normalized spacial score (nSPS) is 19.3. The van der Waals surface area contributed by atoms with Gasteiger partial charge >= 0.3 is 0 Å². The summed E-state index contributed by atoms with van der Waals surface area (Å²) in [5.74, 6) is 0.679. The van der Waals surface area contributed by atoms with Crippen molar-refractivity contribution >= 4 is 11.6 Å². The smallest absolute Gasteiger partial charge is 0.226 e. The number of anilines is 1. The van der Waals surface area contributed by atoms with Gasteiger partial charge in [0.1, 0.15) is 12.4 Å². The van der Waals surface area contributed by atoms with Crippen LogP contribution in [0.15, 0.2) is 24.3 Å². The fraction of sp³-hybridized carbons (Fsp3) is 0.364. The van der Waals surface area contributed by atoms with Gasteiger partial charge in [-0.3, -0.25) is 9.69 Å². The van der Waals surface area contributed by atoms with E-state index in [0.717, 1.165) is 11.4 Å². The highest BCUT2D eigenvalue weighted by atomic mass is 16.5. The third-order valence-corrected chi connectivity index (χ3v) is 2.41. The summed E-state index contributed by atoms with van der Waals surface area (Å²) in [6.07, 6.45) is -0.336. The summed E-state index contributed by atoms with van der Waals surface area (Å²) in [6.45, 7) is 1.89. The fourth-order valence-electron chi connectivity index (χ4n) is 1.71. The van der Waals surface area contributed by atoms with E-state index in [2.05, 4.69) is 0 Å². The Morgan fingerprint density at radius 2 is 2.27 bits per heavy atom. The number of hydrogen-bond donors (Lipinski definition) is 0. The van der Waals surface area contributed by atoms with Crippen LogP contribution >= 0.6 is 0 Å². The third-order valence-electron chi connectivity index (χ3n) is 2.41. The van der Waals surface area contributed by atoms with Crippen molar-refractivity contribution in [3.8, 4) is 5.75 Å². The van der Waals surface area contributed by atoms with Gasteiger partial charge in [-0.2, -0.15) is 0 Å². The van der Waals surface area contributed by atoms with Crippen molar-refractivity contribution in [3.63, 3.8) is 0 Å². The van der Waals surface area contributed by atoms with Gasteiger partial charge < -0.3 is 9.47 Å². The Balaban J connectivity index is 2.43. The van der Waals surface area contributed by atoms with Gasteiger partial charge in [-0.1, -0.05) is 12.1 Å². The van der Waals surface area contributed by atoms with Crippen LogP contribution in [-0.4, -0.2) is 25.9 Å². The second kappa shape index (κ2) is 3.90. The Morgan fingerprint density at radius 3 is 2.93 bits per heavy atom. The Bertz CT molecular complexity index is 378. The molecule has 1 aliphatic heterocycles. The van der Waals surface area contributed by atoms with E-state index in [1.807, 2.05) is 24.3 Å². The first-order chi connectivity index (χ1) is 7.24. The number of para-hydroxylation sites is 2. The highest BCUT2D eigenvalue weighted by Crippen LogP contribution is 2.33. The third kappa shape index (κ3) is 1.68. The van der Waals surface area contributed by atoms with Gasteiger partial charge in [0.25, 0.3) is 0 Å². The molecular formula is C11H13NO3. The lowest BCUT2D eigenvalue weighted by Crippen LogP contribution is -2.46. The van der Waals surface area contributed by atoms with Crippen LogP contribution in [-0.2, 0) is 9.53 Å². The van der Waals surface area contributed by atoms with E-state index in [1.54, 1.807) is 12.0 Å². The summed E-state index contributed by atoms with van der Waals surface area (Å²) in [6, 6.07) is 7.44. The lowest BCUT2D eigenvalue weighted by molar-refractivity contribution is -0.119. The van der Waals surface area contributed by atoms with E-state index in [9.17, 15) is 4.79 Å². The first kappa shape index (κ1) is 9.98. The average molecular weight is 207 g/mol. The molecule has 1 unspecified atom stereocenters. The summed E-state index contributed by atoms with van der Waals surface area (Å²) in [4.78, 5) is 13.1. The number of carbonyl (C=O) groups is 1. The summed E-state index contributed by atoms with van der Waals surface area (Å²) in [5, 5.41) is 0. The van der Waals surface area contributed by atoms with Gasteiger partial charge in [0, 0.05) is 14.0 Å². The SMILES string of the molecule is COC1COc2ccccc2N1C(C)=O. The average Bonchev–Trinajstić information content (AvgIpc) is 2.27. The van der Waals surface area contributed by atoms with Gasteiger partial charge in [-0.05, 0) is 12.1 Å². The van der Waals surface area contributed by atoms with Gasteiger partial charge in [-0.15, -0.1) is 0 Å². The van der Waals surface area contributed by atoms with Crippen molar-refractivity contribution in [3.05, 3.63) is 24.3 Å². The molecule has 4 nitrogen and oxygen atoms in total. The number of rotatable bonds is 1. The Kier molecular flexibility index (Phi) is 2.60. The highest BCUT2D eigenvalue weighted by molar-refractivity contribution is 5.94. The van der Waals surface area contributed by atoms with Crippen molar-refractivity contribution < 1.29 is 14.3 Å². The number of fused-ring (bicyclic) bond motifs is 1. The minimum absolute atomic E-state index is 0.0439. The van der Waals surface area contributed by atoms with Crippen LogP contribution in [0.2, 0.25) is 0 Å². The molecule has 0 radical (unpaired) electrons. The Hall–Kier alpha value is -1.55. The largest absolute Gasteiger partial charge is 0.487 e. The van der Waals surface area contributed by atoms with Crippen LogP contribution in [0.1, 0.15) is 6.92 Å². The lowest BCUT2D eigenvalue weighted by atomic mass is 10.2. The second-order valence-electron chi connectivity index (χ2n) is 3.36. The zero-order chi connectivity index (χ0) is 10.8. The van der Waals surface area contributed by atoms with Crippen molar-refractivity contribution in [2.24, 2.45) is 0 Å². The van der Waals surface area contributed by atoms with Crippen molar-refractivity contribution in [1.29, 1.82) is 0 Å².